The van der Waals surface area contributed by atoms with Crippen LogP contribution >= 0.6 is 0 Å². The molecule has 1 amide bonds. The maximum absolute atomic E-state index is 13.0. The Morgan fingerprint density at radius 1 is 1.21 bits per heavy atom. The lowest BCUT2D eigenvalue weighted by Crippen LogP contribution is -2.60. The average Bonchev–Trinajstić information content (AvgIpc) is 3.03. The third-order valence-corrected chi connectivity index (χ3v) is 6.85. The molecule has 1 heterocycles. The molecule has 0 spiro atoms. The molecule has 2 aliphatic rings. The van der Waals surface area contributed by atoms with Crippen LogP contribution in [-0.2, 0) is 11.3 Å². The summed E-state index contributed by atoms with van der Waals surface area (Å²) >= 11 is 0. The molecule has 0 radical (unpaired) electrons. The second-order valence-electron chi connectivity index (χ2n) is 8.73. The van der Waals surface area contributed by atoms with E-state index in [-0.39, 0.29) is 17.9 Å². The lowest BCUT2D eigenvalue weighted by atomic mass is 9.53. The Balaban J connectivity index is 1.47. The zero-order chi connectivity index (χ0) is 20.5. The lowest BCUT2D eigenvalue weighted by Gasteiger charge is -2.55. The Bertz CT molecular complexity index is 860. The molecule has 0 aliphatic heterocycles. The van der Waals surface area contributed by atoms with E-state index in [1.807, 2.05) is 37.6 Å². The summed E-state index contributed by atoms with van der Waals surface area (Å²) < 4.78 is 7.15. The summed E-state index contributed by atoms with van der Waals surface area (Å²) in [6.45, 7) is 6.35. The van der Waals surface area contributed by atoms with Crippen LogP contribution in [0.1, 0.15) is 55.7 Å². The van der Waals surface area contributed by atoms with Crippen LogP contribution in [0.25, 0.3) is 0 Å². The van der Waals surface area contributed by atoms with Gasteiger partial charge in [-0.2, -0.15) is 5.10 Å². The van der Waals surface area contributed by atoms with Crippen LogP contribution in [-0.4, -0.2) is 33.8 Å². The van der Waals surface area contributed by atoms with Crippen molar-refractivity contribution in [2.24, 2.45) is 17.8 Å². The molecule has 0 saturated heterocycles. The summed E-state index contributed by atoms with van der Waals surface area (Å²) in [5.74, 6) is 4.13. The Labute approximate surface area is 173 Å². The second kappa shape index (κ2) is 8.17. The van der Waals surface area contributed by atoms with Gasteiger partial charge in [0.2, 0.25) is 5.91 Å². The average molecular weight is 397 g/mol. The van der Waals surface area contributed by atoms with Gasteiger partial charge in [0.25, 0.3) is 0 Å². The van der Waals surface area contributed by atoms with Crippen molar-refractivity contribution in [2.75, 3.05) is 7.11 Å². The zero-order valence-corrected chi connectivity index (χ0v) is 17.9. The van der Waals surface area contributed by atoms with Crippen molar-refractivity contribution in [2.45, 2.75) is 65.0 Å². The van der Waals surface area contributed by atoms with Gasteiger partial charge >= 0.3 is 0 Å². The molecule has 1 aromatic heterocycles. The van der Waals surface area contributed by atoms with Crippen LogP contribution in [0.3, 0.4) is 0 Å². The van der Waals surface area contributed by atoms with Gasteiger partial charge in [-0.05, 0) is 56.2 Å². The number of nitrogens with zero attached hydrogens (tertiary/aromatic N) is 3. The van der Waals surface area contributed by atoms with Gasteiger partial charge in [-0.15, -0.1) is 0 Å². The minimum atomic E-state index is -0.144. The molecule has 6 nitrogen and oxygen atoms in total. The summed E-state index contributed by atoms with van der Waals surface area (Å²) in [5.41, 5.74) is 1.31. The molecule has 3 unspecified atom stereocenters. The first-order chi connectivity index (χ1) is 14.0. The minimum Gasteiger partial charge on any atom is -0.497 e. The third kappa shape index (κ3) is 3.89. The summed E-state index contributed by atoms with van der Waals surface area (Å²) in [6.07, 6.45) is 5.06. The number of ether oxygens (including phenoxy) is 1. The summed E-state index contributed by atoms with van der Waals surface area (Å²) in [7, 11) is 1.69. The van der Waals surface area contributed by atoms with Crippen molar-refractivity contribution < 1.29 is 9.53 Å². The van der Waals surface area contributed by atoms with Crippen LogP contribution < -0.4 is 10.1 Å². The van der Waals surface area contributed by atoms with Gasteiger partial charge < -0.3 is 10.1 Å². The molecule has 6 heteroatoms. The Morgan fingerprint density at radius 2 is 1.90 bits per heavy atom. The zero-order valence-electron chi connectivity index (χ0n) is 17.9. The fourth-order valence-corrected chi connectivity index (χ4v) is 5.33. The van der Waals surface area contributed by atoms with Crippen LogP contribution in [0.2, 0.25) is 0 Å². The predicted octanol–water partition coefficient (Wildman–Crippen LogP) is 3.63. The number of benzene rings is 1. The Hall–Kier alpha value is -2.37. The molecular formula is C23H32N4O2. The molecule has 2 aliphatic carbocycles. The van der Waals surface area contributed by atoms with Gasteiger partial charge in [0, 0.05) is 12.0 Å². The van der Waals surface area contributed by atoms with Gasteiger partial charge in [-0.3, -0.25) is 4.79 Å². The largest absolute Gasteiger partial charge is 0.497 e. The van der Waals surface area contributed by atoms with Gasteiger partial charge in [0.15, 0.2) is 0 Å². The number of hydrogen-bond donors (Lipinski definition) is 1. The van der Waals surface area contributed by atoms with Crippen molar-refractivity contribution in [1.29, 1.82) is 0 Å². The molecular weight excluding hydrogens is 364 g/mol. The number of carbonyl (C=O) groups is 1. The Morgan fingerprint density at radius 3 is 2.52 bits per heavy atom. The minimum absolute atomic E-state index is 0.116. The standard InChI is InChI=1S/C23H32N4O2/c1-14(13-27-16(3)24-15(2)26-27)23(28)25-22-20-8-6-5-7-19(20)21(22)17-9-11-18(29-4)12-10-17/h9-12,14,19-22H,5-8,13H2,1-4H3,(H,25,28)/t14?,19?,20?,21-,22-/m0/s1. The topological polar surface area (TPSA) is 69.0 Å². The van der Waals surface area contributed by atoms with Crippen LogP contribution in [0.5, 0.6) is 5.75 Å². The quantitative estimate of drug-likeness (QED) is 0.810. The van der Waals surface area contributed by atoms with E-state index in [4.69, 9.17) is 4.74 Å². The third-order valence-electron chi connectivity index (χ3n) is 6.85. The molecule has 29 heavy (non-hydrogen) atoms. The summed E-state index contributed by atoms with van der Waals surface area (Å²) in [6, 6.07) is 8.62. The number of hydrogen-bond acceptors (Lipinski definition) is 4. The number of methoxy groups -OCH3 is 1. The van der Waals surface area contributed by atoms with E-state index in [2.05, 4.69) is 27.5 Å². The van der Waals surface area contributed by atoms with E-state index < -0.39 is 0 Å². The molecule has 0 bridgehead atoms. The Kier molecular flexibility index (Phi) is 5.61. The van der Waals surface area contributed by atoms with Crippen LogP contribution in [0, 0.1) is 31.6 Å². The number of fused-ring (bicyclic) bond motifs is 1. The number of rotatable bonds is 6. The number of aryl methyl sites for hydroxylation is 2. The monoisotopic (exact) mass is 396 g/mol. The fourth-order valence-electron chi connectivity index (χ4n) is 5.33. The first kappa shape index (κ1) is 19.9. The van der Waals surface area contributed by atoms with Crippen molar-refractivity contribution in [3.63, 3.8) is 0 Å². The predicted molar refractivity (Wildman–Crippen MR) is 112 cm³/mol. The molecule has 4 rings (SSSR count). The molecule has 2 fully saturated rings. The number of nitrogens with one attached hydrogen (secondary N) is 1. The fraction of sp³-hybridized carbons (Fsp3) is 0.609. The van der Waals surface area contributed by atoms with E-state index in [0.29, 0.717) is 24.3 Å². The van der Waals surface area contributed by atoms with Gasteiger partial charge in [0.1, 0.15) is 17.4 Å². The van der Waals surface area contributed by atoms with E-state index >= 15 is 0 Å². The SMILES string of the molecule is COc1ccc([C@H]2C3CCCCC3[C@@H]2NC(=O)C(C)Cn2nc(C)nc2C)cc1. The summed E-state index contributed by atoms with van der Waals surface area (Å²) in [5, 5.41) is 7.81. The number of carbonyl (C=O) groups excluding carboxylic acids is 1. The molecule has 1 N–H and O–H groups in total. The second-order valence-corrected chi connectivity index (χ2v) is 8.73. The molecule has 2 aromatic rings. The van der Waals surface area contributed by atoms with Crippen molar-refractivity contribution in [3.8, 4) is 5.75 Å². The van der Waals surface area contributed by atoms with Crippen LogP contribution in [0.4, 0.5) is 0 Å². The highest BCUT2D eigenvalue weighted by atomic mass is 16.5. The molecule has 156 valence electrons. The maximum atomic E-state index is 13.0. The van der Waals surface area contributed by atoms with Crippen molar-refractivity contribution >= 4 is 5.91 Å². The van der Waals surface area contributed by atoms with E-state index in [9.17, 15) is 4.79 Å². The summed E-state index contributed by atoms with van der Waals surface area (Å²) in [4.78, 5) is 17.4. The van der Waals surface area contributed by atoms with Crippen molar-refractivity contribution in [1.82, 2.24) is 20.1 Å². The number of aromatic nitrogens is 3. The van der Waals surface area contributed by atoms with Gasteiger partial charge in [-0.25, -0.2) is 9.67 Å². The van der Waals surface area contributed by atoms with Gasteiger partial charge in [0.05, 0.1) is 19.6 Å². The highest BCUT2D eigenvalue weighted by Crippen LogP contribution is 2.54. The first-order valence-corrected chi connectivity index (χ1v) is 10.8. The first-order valence-electron chi connectivity index (χ1n) is 10.8. The molecule has 1 aromatic carbocycles. The number of amides is 1. The smallest absolute Gasteiger partial charge is 0.224 e. The maximum Gasteiger partial charge on any atom is 0.224 e. The van der Waals surface area contributed by atoms with Gasteiger partial charge in [-0.1, -0.05) is 31.9 Å². The molecule has 2 saturated carbocycles. The van der Waals surface area contributed by atoms with E-state index in [0.717, 1.165) is 17.4 Å². The molecule has 5 atom stereocenters. The highest BCUT2D eigenvalue weighted by molar-refractivity contribution is 5.79. The van der Waals surface area contributed by atoms with Crippen molar-refractivity contribution in [3.05, 3.63) is 41.5 Å². The van der Waals surface area contributed by atoms with E-state index in [1.54, 1.807) is 7.11 Å². The highest BCUT2D eigenvalue weighted by Gasteiger charge is 2.51. The van der Waals surface area contributed by atoms with Crippen LogP contribution in [0.15, 0.2) is 24.3 Å². The normalized spacial score (nSPS) is 26.9. The van der Waals surface area contributed by atoms with E-state index in [1.165, 1.54) is 31.2 Å². The lowest BCUT2D eigenvalue weighted by molar-refractivity contribution is -0.128.